The summed E-state index contributed by atoms with van der Waals surface area (Å²) in [6, 6.07) is 10.5. The van der Waals surface area contributed by atoms with Gasteiger partial charge in [0, 0.05) is 24.5 Å². The first-order valence-corrected chi connectivity index (χ1v) is 10.3. The lowest BCUT2D eigenvalue weighted by atomic mass is 10.3. The summed E-state index contributed by atoms with van der Waals surface area (Å²) in [6.07, 6.45) is 0. The summed E-state index contributed by atoms with van der Waals surface area (Å²) < 4.78 is 45.3. The Morgan fingerprint density at radius 1 is 1.11 bits per heavy atom. The fourth-order valence-corrected chi connectivity index (χ4v) is 4.41. The van der Waals surface area contributed by atoms with Crippen LogP contribution in [0.2, 0.25) is 5.02 Å². The second-order valence-electron chi connectivity index (χ2n) is 5.75. The van der Waals surface area contributed by atoms with E-state index >= 15 is 0 Å². The lowest BCUT2D eigenvalue weighted by Gasteiger charge is -2.26. The summed E-state index contributed by atoms with van der Waals surface area (Å²) >= 11 is 11.0. The third-order valence-electron chi connectivity index (χ3n) is 3.88. The standard InChI is InChI=1S/C17H17ClFN3O3S2/c18-15-11-13(4-5-16(15)19)21-17(26)20-12-2-1-3-14(10-12)27(23,24)22-6-8-25-9-7-22/h1-5,10-11H,6-9H2,(H2,20,21,26). The van der Waals surface area contributed by atoms with Crippen LogP contribution in [-0.2, 0) is 14.8 Å². The number of rotatable bonds is 4. The normalized spacial score (nSPS) is 15.3. The minimum atomic E-state index is -3.60. The molecule has 0 amide bonds. The summed E-state index contributed by atoms with van der Waals surface area (Å²) in [7, 11) is -3.60. The van der Waals surface area contributed by atoms with Crippen molar-refractivity contribution in [3.05, 3.63) is 53.3 Å². The van der Waals surface area contributed by atoms with Crippen molar-refractivity contribution < 1.29 is 17.5 Å². The molecule has 0 spiro atoms. The fraction of sp³-hybridized carbons (Fsp3) is 0.235. The zero-order chi connectivity index (χ0) is 19.4. The van der Waals surface area contributed by atoms with Gasteiger partial charge in [-0.2, -0.15) is 4.31 Å². The van der Waals surface area contributed by atoms with Crippen LogP contribution in [-0.4, -0.2) is 44.1 Å². The Hall–Kier alpha value is -1.78. The Kier molecular flexibility index (Phi) is 6.28. The van der Waals surface area contributed by atoms with E-state index in [1.165, 1.54) is 34.6 Å². The van der Waals surface area contributed by atoms with E-state index in [1.807, 2.05) is 0 Å². The zero-order valence-electron chi connectivity index (χ0n) is 14.1. The third-order valence-corrected chi connectivity index (χ3v) is 6.27. The molecule has 1 heterocycles. The average Bonchev–Trinajstić information content (AvgIpc) is 2.65. The van der Waals surface area contributed by atoms with Crippen molar-refractivity contribution in [3.8, 4) is 0 Å². The molecule has 0 bridgehead atoms. The van der Waals surface area contributed by atoms with Crippen molar-refractivity contribution >= 4 is 50.3 Å². The van der Waals surface area contributed by atoms with Crippen LogP contribution in [0.25, 0.3) is 0 Å². The van der Waals surface area contributed by atoms with Gasteiger partial charge in [0.15, 0.2) is 5.11 Å². The van der Waals surface area contributed by atoms with Crippen LogP contribution in [0.15, 0.2) is 47.4 Å². The Labute approximate surface area is 167 Å². The maximum Gasteiger partial charge on any atom is 0.243 e. The maximum atomic E-state index is 13.2. The van der Waals surface area contributed by atoms with Crippen molar-refractivity contribution in [2.45, 2.75) is 4.90 Å². The Morgan fingerprint density at radius 2 is 1.78 bits per heavy atom. The second-order valence-corrected chi connectivity index (χ2v) is 8.51. The second kappa shape index (κ2) is 8.49. The first-order chi connectivity index (χ1) is 12.9. The van der Waals surface area contributed by atoms with Gasteiger partial charge in [-0.05, 0) is 48.6 Å². The van der Waals surface area contributed by atoms with Crippen molar-refractivity contribution in [3.63, 3.8) is 0 Å². The van der Waals surface area contributed by atoms with Crippen LogP contribution in [0.4, 0.5) is 15.8 Å². The SMILES string of the molecule is O=S(=O)(c1cccc(NC(=S)Nc2ccc(F)c(Cl)c2)c1)N1CCOCC1. The molecule has 27 heavy (non-hydrogen) atoms. The summed E-state index contributed by atoms with van der Waals surface area (Å²) in [4.78, 5) is 0.169. The first-order valence-electron chi connectivity index (χ1n) is 8.07. The topological polar surface area (TPSA) is 70.7 Å². The predicted molar refractivity (Wildman–Crippen MR) is 107 cm³/mol. The molecule has 1 saturated heterocycles. The lowest BCUT2D eigenvalue weighted by molar-refractivity contribution is 0.0730. The number of hydrogen-bond acceptors (Lipinski definition) is 4. The summed E-state index contributed by atoms with van der Waals surface area (Å²) in [5.41, 5.74) is 1.02. The summed E-state index contributed by atoms with van der Waals surface area (Å²) in [5, 5.41) is 5.98. The minimum Gasteiger partial charge on any atom is -0.379 e. The molecule has 0 radical (unpaired) electrons. The van der Waals surface area contributed by atoms with Gasteiger partial charge in [0.1, 0.15) is 5.82 Å². The molecular formula is C17H17ClFN3O3S2. The van der Waals surface area contributed by atoms with Crippen LogP contribution in [0, 0.1) is 5.82 Å². The molecule has 1 aliphatic heterocycles. The monoisotopic (exact) mass is 429 g/mol. The van der Waals surface area contributed by atoms with Crippen LogP contribution >= 0.6 is 23.8 Å². The number of ether oxygens (including phenoxy) is 1. The molecule has 144 valence electrons. The van der Waals surface area contributed by atoms with E-state index in [-0.39, 0.29) is 15.0 Å². The Balaban J connectivity index is 1.71. The number of halogens is 2. The molecule has 10 heteroatoms. The van der Waals surface area contributed by atoms with E-state index in [0.29, 0.717) is 37.7 Å². The molecule has 2 aromatic rings. The highest BCUT2D eigenvalue weighted by molar-refractivity contribution is 7.89. The smallest absolute Gasteiger partial charge is 0.243 e. The van der Waals surface area contributed by atoms with Crippen LogP contribution in [0.3, 0.4) is 0 Å². The van der Waals surface area contributed by atoms with Gasteiger partial charge in [0.2, 0.25) is 10.0 Å². The van der Waals surface area contributed by atoms with E-state index in [4.69, 9.17) is 28.6 Å². The van der Waals surface area contributed by atoms with E-state index in [0.717, 1.165) is 0 Å². The number of morpholine rings is 1. The molecule has 1 aliphatic rings. The molecule has 2 aromatic carbocycles. The highest BCUT2D eigenvalue weighted by Crippen LogP contribution is 2.22. The van der Waals surface area contributed by atoms with Crippen molar-refractivity contribution in [2.24, 2.45) is 0 Å². The van der Waals surface area contributed by atoms with Gasteiger partial charge in [-0.1, -0.05) is 17.7 Å². The molecule has 3 rings (SSSR count). The number of benzene rings is 2. The van der Waals surface area contributed by atoms with E-state index in [9.17, 15) is 12.8 Å². The largest absolute Gasteiger partial charge is 0.379 e. The quantitative estimate of drug-likeness (QED) is 0.726. The van der Waals surface area contributed by atoms with Gasteiger partial charge in [-0.15, -0.1) is 0 Å². The number of nitrogens with zero attached hydrogens (tertiary/aromatic N) is 1. The Bertz CT molecular complexity index is 950. The Morgan fingerprint density at radius 3 is 2.44 bits per heavy atom. The van der Waals surface area contributed by atoms with Gasteiger partial charge >= 0.3 is 0 Å². The van der Waals surface area contributed by atoms with Crippen molar-refractivity contribution in [1.29, 1.82) is 0 Å². The molecule has 0 unspecified atom stereocenters. The third kappa shape index (κ3) is 4.94. The number of thiocarbonyl (C=S) groups is 1. The highest BCUT2D eigenvalue weighted by Gasteiger charge is 2.26. The lowest BCUT2D eigenvalue weighted by Crippen LogP contribution is -2.40. The average molecular weight is 430 g/mol. The molecule has 0 atom stereocenters. The van der Waals surface area contributed by atoms with Crippen LogP contribution in [0.5, 0.6) is 0 Å². The molecule has 0 aliphatic carbocycles. The summed E-state index contributed by atoms with van der Waals surface area (Å²) in [5.74, 6) is -0.526. The maximum absolute atomic E-state index is 13.2. The molecule has 0 aromatic heterocycles. The molecule has 6 nitrogen and oxygen atoms in total. The van der Waals surface area contributed by atoms with Crippen molar-refractivity contribution in [2.75, 3.05) is 36.9 Å². The predicted octanol–water partition coefficient (Wildman–Crippen LogP) is 3.31. The molecule has 1 fully saturated rings. The van der Waals surface area contributed by atoms with E-state index in [2.05, 4.69) is 10.6 Å². The van der Waals surface area contributed by atoms with Gasteiger partial charge in [-0.3, -0.25) is 0 Å². The highest BCUT2D eigenvalue weighted by atomic mass is 35.5. The van der Waals surface area contributed by atoms with Gasteiger partial charge in [-0.25, -0.2) is 12.8 Å². The van der Waals surface area contributed by atoms with E-state index in [1.54, 1.807) is 12.1 Å². The van der Waals surface area contributed by atoms with Crippen LogP contribution < -0.4 is 10.6 Å². The molecule has 0 saturated carbocycles. The van der Waals surface area contributed by atoms with Crippen molar-refractivity contribution in [1.82, 2.24) is 4.31 Å². The number of anilines is 2. The number of nitrogens with one attached hydrogen (secondary N) is 2. The summed E-state index contributed by atoms with van der Waals surface area (Å²) in [6.45, 7) is 1.41. The van der Waals surface area contributed by atoms with Gasteiger partial charge < -0.3 is 15.4 Å². The number of hydrogen-bond donors (Lipinski definition) is 2. The van der Waals surface area contributed by atoms with E-state index < -0.39 is 15.8 Å². The first kappa shape index (κ1) is 20.0. The van der Waals surface area contributed by atoms with Crippen LogP contribution in [0.1, 0.15) is 0 Å². The number of sulfonamides is 1. The molecular weight excluding hydrogens is 413 g/mol. The minimum absolute atomic E-state index is 0.0265. The van der Waals surface area contributed by atoms with Gasteiger partial charge in [0.25, 0.3) is 0 Å². The molecule has 2 N–H and O–H groups in total. The zero-order valence-corrected chi connectivity index (χ0v) is 16.5. The fourth-order valence-electron chi connectivity index (χ4n) is 2.54. The van der Waals surface area contributed by atoms with Gasteiger partial charge in [0.05, 0.1) is 23.1 Å².